The van der Waals surface area contributed by atoms with Gasteiger partial charge in [-0.3, -0.25) is 4.98 Å². The number of carbonyl (C=O) groups is 1. The average Bonchev–Trinajstić information content (AvgIpc) is 2.19. The smallest absolute Gasteiger partial charge is 0.339 e. The van der Waals surface area contributed by atoms with Crippen LogP contribution in [0.5, 0.6) is 5.75 Å². The minimum Gasteiger partial charge on any atom is -0.490 e. The fraction of sp³-hybridized carbons (Fsp3) is 0.200. The standard InChI is InChI=1S/C10H9NO3/c1-2-3-6-14-9-7-11-5-4-8(9)10(12)13/h1,4-5,7H,3,6H2,(H,12,13). The Hall–Kier alpha value is -2.02. The fourth-order valence-electron chi connectivity index (χ4n) is 0.892. The van der Waals surface area contributed by atoms with Gasteiger partial charge in [-0.25, -0.2) is 4.79 Å². The van der Waals surface area contributed by atoms with Gasteiger partial charge in [0.25, 0.3) is 0 Å². The summed E-state index contributed by atoms with van der Waals surface area (Å²) in [5.41, 5.74) is 0.0945. The Kier molecular flexibility index (Phi) is 3.50. The molecule has 0 aliphatic rings. The zero-order chi connectivity index (χ0) is 10.4. The van der Waals surface area contributed by atoms with Crippen LogP contribution in [0.25, 0.3) is 0 Å². The maximum absolute atomic E-state index is 10.7. The van der Waals surface area contributed by atoms with Crippen LogP contribution in [0.2, 0.25) is 0 Å². The van der Waals surface area contributed by atoms with Crippen LogP contribution < -0.4 is 4.74 Å². The van der Waals surface area contributed by atoms with Gasteiger partial charge in [0, 0.05) is 12.6 Å². The van der Waals surface area contributed by atoms with E-state index in [4.69, 9.17) is 16.3 Å². The van der Waals surface area contributed by atoms with Gasteiger partial charge in [-0.15, -0.1) is 12.3 Å². The number of rotatable bonds is 4. The van der Waals surface area contributed by atoms with Gasteiger partial charge in [0.05, 0.1) is 12.8 Å². The van der Waals surface area contributed by atoms with E-state index >= 15 is 0 Å². The van der Waals surface area contributed by atoms with E-state index in [1.807, 2.05) is 0 Å². The SMILES string of the molecule is C#CCCOc1cnccc1C(=O)O. The number of pyridine rings is 1. The number of terminal acetylenes is 1. The first-order valence-corrected chi connectivity index (χ1v) is 3.99. The zero-order valence-corrected chi connectivity index (χ0v) is 7.43. The Balaban J connectivity index is 2.75. The number of carboxylic acid groups (broad SMARTS) is 1. The summed E-state index contributed by atoms with van der Waals surface area (Å²) in [6.45, 7) is 0.294. The molecule has 0 aromatic carbocycles. The molecule has 0 saturated carbocycles. The van der Waals surface area contributed by atoms with Crippen molar-refractivity contribution in [3.63, 3.8) is 0 Å². The van der Waals surface area contributed by atoms with Crippen molar-refractivity contribution in [1.82, 2.24) is 4.98 Å². The molecule has 1 heterocycles. The highest BCUT2D eigenvalue weighted by atomic mass is 16.5. The first-order chi connectivity index (χ1) is 6.75. The Morgan fingerprint density at radius 1 is 1.71 bits per heavy atom. The van der Waals surface area contributed by atoms with E-state index in [0.29, 0.717) is 13.0 Å². The second kappa shape index (κ2) is 4.87. The normalized spacial score (nSPS) is 9.07. The summed E-state index contributed by atoms with van der Waals surface area (Å²) in [5, 5.41) is 8.77. The Morgan fingerprint density at radius 3 is 3.14 bits per heavy atom. The van der Waals surface area contributed by atoms with Crippen molar-refractivity contribution in [3.8, 4) is 18.1 Å². The van der Waals surface area contributed by atoms with Crippen molar-refractivity contribution in [3.05, 3.63) is 24.0 Å². The van der Waals surface area contributed by atoms with Crippen LogP contribution in [0.4, 0.5) is 0 Å². The first kappa shape index (κ1) is 10.1. The molecule has 4 nitrogen and oxygen atoms in total. The number of nitrogens with zero attached hydrogens (tertiary/aromatic N) is 1. The molecule has 1 aromatic rings. The molecule has 0 saturated heterocycles. The summed E-state index contributed by atoms with van der Waals surface area (Å²) in [6, 6.07) is 1.38. The zero-order valence-electron chi connectivity index (χ0n) is 7.43. The van der Waals surface area contributed by atoms with Crippen LogP contribution in [0.1, 0.15) is 16.8 Å². The molecular weight excluding hydrogens is 182 g/mol. The van der Waals surface area contributed by atoms with Gasteiger partial charge < -0.3 is 9.84 Å². The predicted molar refractivity (Wildman–Crippen MR) is 50.1 cm³/mol. The first-order valence-electron chi connectivity index (χ1n) is 3.99. The van der Waals surface area contributed by atoms with Gasteiger partial charge in [-0.05, 0) is 6.07 Å². The maximum Gasteiger partial charge on any atom is 0.339 e. The largest absolute Gasteiger partial charge is 0.490 e. The maximum atomic E-state index is 10.7. The highest BCUT2D eigenvalue weighted by Gasteiger charge is 2.09. The molecular formula is C10H9NO3. The molecule has 0 aliphatic carbocycles. The molecule has 0 radical (unpaired) electrons. The highest BCUT2D eigenvalue weighted by Crippen LogP contribution is 2.15. The highest BCUT2D eigenvalue weighted by molar-refractivity contribution is 5.90. The van der Waals surface area contributed by atoms with Crippen molar-refractivity contribution in [2.24, 2.45) is 0 Å². The van der Waals surface area contributed by atoms with Gasteiger partial charge in [0.1, 0.15) is 5.56 Å². The minimum absolute atomic E-state index is 0.0945. The summed E-state index contributed by atoms with van der Waals surface area (Å²) >= 11 is 0. The van der Waals surface area contributed by atoms with Gasteiger partial charge in [-0.1, -0.05) is 0 Å². The van der Waals surface area contributed by atoms with Crippen LogP contribution in [0.15, 0.2) is 18.5 Å². The number of hydrogen-bond donors (Lipinski definition) is 1. The van der Waals surface area contributed by atoms with Crippen LogP contribution in [0.3, 0.4) is 0 Å². The predicted octanol–water partition coefficient (Wildman–Crippen LogP) is 1.18. The molecule has 0 spiro atoms. The third kappa shape index (κ3) is 2.49. The molecule has 0 unspecified atom stereocenters. The van der Waals surface area contributed by atoms with E-state index in [2.05, 4.69) is 10.9 Å². The van der Waals surface area contributed by atoms with E-state index in [-0.39, 0.29) is 11.3 Å². The Morgan fingerprint density at radius 2 is 2.50 bits per heavy atom. The monoisotopic (exact) mass is 191 g/mol. The molecule has 0 aliphatic heterocycles. The van der Waals surface area contributed by atoms with Crippen molar-refractivity contribution in [2.45, 2.75) is 6.42 Å². The lowest BCUT2D eigenvalue weighted by Crippen LogP contribution is -2.04. The molecule has 14 heavy (non-hydrogen) atoms. The molecule has 4 heteroatoms. The average molecular weight is 191 g/mol. The van der Waals surface area contributed by atoms with Gasteiger partial charge in [-0.2, -0.15) is 0 Å². The third-order valence-corrected chi connectivity index (χ3v) is 1.52. The topological polar surface area (TPSA) is 59.4 Å². The summed E-state index contributed by atoms with van der Waals surface area (Å²) in [7, 11) is 0. The van der Waals surface area contributed by atoms with E-state index in [1.54, 1.807) is 0 Å². The molecule has 0 bridgehead atoms. The van der Waals surface area contributed by atoms with E-state index in [1.165, 1.54) is 18.5 Å². The lowest BCUT2D eigenvalue weighted by atomic mass is 10.2. The van der Waals surface area contributed by atoms with Crippen molar-refractivity contribution >= 4 is 5.97 Å². The minimum atomic E-state index is -1.04. The molecule has 0 amide bonds. The molecule has 0 atom stereocenters. The van der Waals surface area contributed by atoms with Crippen molar-refractivity contribution < 1.29 is 14.6 Å². The number of aromatic nitrogens is 1. The fourth-order valence-corrected chi connectivity index (χ4v) is 0.892. The molecule has 0 fully saturated rings. The van der Waals surface area contributed by atoms with Gasteiger partial charge in [0.15, 0.2) is 5.75 Å². The third-order valence-electron chi connectivity index (χ3n) is 1.52. The summed E-state index contributed by atoms with van der Waals surface area (Å²) in [4.78, 5) is 14.5. The van der Waals surface area contributed by atoms with Crippen molar-refractivity contribution in [2.75, 3.05) is 6.61 Å². The van der Waals surface area contributed by atoms with Gasteiger partial charge in [0.2, 0.25) is 0 Å². The summed E-state index contributed by atoms with van der Waals surface area (Å²) < 4.78 is 5.15. The van der Waals surface area contributed by atoms with Crippen LogP contribution >= 0.6 is 0 Å². The van der Waals surface area contributed by atoms with Crippen LogP contribution in [-0.2, 0) is 0 Å². The van der Waals surface area contributed by atoms with E-state index in [9.17, 15) is 4.79 Å². The number of ether oxygens (including phenoxy) is 1. The van der Waals surface area contributed by atoms with Crippen LogP contribution in [-0.4, -0.2) is 22.7 Å². The lowest BCUT2D eigenvalue weighted by molar-refractivity contribution is 0.0692. The second-order valence-corrected chi connectivity index (χ2v) is 2.48. The number of aromatic carboxylic acids is 1. The lowest BCUT2D eigenvalue weighted by Gasteiger charge is -2.05. The van der Waals surface area contributed by atoms with E-state index in [0.717, 1.165) is 0 Å². The Bertz CT molecular complexity index is 368. The summed E-state index contributed by atoms with van der Waals surface area (Å²) in [5.74, 6) is 1.60. The molecule has 1 aromatic heterocycles. The van der Waals surface area contributed by atoms with E-state index < -0.39 is 5.97 Å². The Labute approximate surface area is 81.5 Å². The summed E-state index contributed by atoms with van der Waals surface area (Å²) in [6.07, 6.45) is 8.23. The molecule has 1 N–H and O–H groups in total. The molecule has 72 valence electrons. The van der Waals surface area contributed by atoms with Crippen molar-refractivity contribution in [1.29, 1.82) is 0 Å². The molecule has 1 rings (SSSR count). The quantitative estimate of drug-likeness (QED) is 0.573. The number of carboxylic acids is 1. The second-order valence-electron chi connectivity index (χ2n) is 2.48. The van der Waals surface area contributed by atoms with Crippen LogP contribution in [0, 0.1) is 12.3 Å². The van der Waals surface area contributed by atoms with Gasteiger partial charge >= 0.3 is 5.97 Å². The number of hydrogen-bond acceptors (Lipinski definition) is 3.